The van der Waals surface area contributed by atoms with Gasteiger partial charge in [0.15, 0.2) is 0 Å². The molecule has 0 saturated carbocycles. The van der Waals surface area contributed by atoms with E-state index in [1.807, 2.05) is 45.4 Å². The van der Waals surface area contributed by atoms with Crippen molar-refractivity contribution in [3.8, 4) is 5.75 Å². The molecular formula is C40H44ClN9O4S2. The van der Waals surface area contributed by atoms with Gasteiger partial charge in [0.2, 0.25) is 17.7 Å². The molecule has 4 aromatic heterocycles. The topological polar surface area (TPSA) is 146 Å². The second-order valence-corrected chi connectivity index (χ2v) is 17.6. The van der Waals surface area contributed by atoms with Crippen molar-refractivity contribution in [2.45, 2.75) is 57.9 Å². The Kier molecular flexibility index (Phi) is 10.9. The molecule has 0 unspecified atom stereocenters. The van der Waals surface area contributed by atoms with E-state index in [-0.39, 0.29) is 29.6 Å². The minimum Gasteiger partial charge on any atom is -0.490 e. The fraction of sp³-hybridized carbons (Fsp3) is 0.450. The summed E-state index contributed by atoms with van der Waals surface area (Å²) in [5.74, 6) is 2.16. The van der Waals surface area contributed by atoms with Crippen LogP contribution in [0.1, 0.15) is 57.7 Å². The van der Waals surface area contributed by atoms with Gasteiger partial charge < -0.3 is 24.8 Å². The number of ether oxygens (including phenoxy) is 1. The number of likely N-dealkylation sites (tertiary alicyclic amines) is 1. The third kappa shape index (κ3) is 7.55. The number of nitrogens with one attached hydrogen (secondary N) is 1. The van der Waals surface area contributed by atoms with Crippen molar-refractivity contribution >= 4 is 90.1 Å². The molecule has 2 aliphatic heterocycles. The van der Waals surface area contributed by atoms with Crippen LogP contribution in [0.25, 0.3) is 20.4 Å². The zero-order valence-electron chi connectivity index (χ0n) is 31.9. The summed E-state index contributed by atoms with van der Waals surface area (Å²) in [6.07, 6.45) is 11.5. The molecule has 1 saturated heterocycles. The van der Waals surface area contributed by atoms with Crippen molar-refractivity contribution in [2.75, 3.05) is 53.2 Å². The lowest BCUT2D eigenvalue weighted by molar-refractivity contribution is -0.134. The largest absolute Gasteiger partial charge is 0.490 e. The number of carbonyl (C=O) groups excluding carboxylic acids is 3. The molecule has 4 aliphatic rings. The van der Waals surface area contributed by atoms with Gasteiger partial charge in [-0.3, -0.25) is 19.4 Å². The lowest BCUT2D eigenvalue weighted by Crippen LogP contribution is -2.32. The van der Waals surface area contributed by atoms with Crippen LogP contribution in [0.15, 0.2) is 29.8 Å². The van der Waals surface area contributed by atoms with Gasteiger partial charge in [-0.25, -0.2) is 19.9 Å². The van der Waals surface area contributed by atoms with Crippen LogP contribution in [0.3, 0.4) is 0 Å². The van der Waals surface area contributed by atoms with E-state index in [1.54, 1.807) is 38.8 Å². The molecule has 3 amide bonds. The molecule has 56 heavy (non-hydrogen) atoms. The zero-order valence-corrected chi connectivity index (χ0v) is 34.3. The molecule has 1 N–H and O–H groups in total. The number of rotatable bonds is 8. The number of halogens is 1. The lowest BCUT2D eigenvalue weighted by atomic mass is 9.87. The molecule has 0 spiro atoms. The van der Waals surface area contributed by atoms with E-state index >= 15 is 0 Å². The zero-order chi connectivity index (χ0) is 39.1. The van der Waals surface area contributed by atoms with Gasteiger partial charge in [-0.05, 0) is 79.3 Å². The first kappa shape index (κ1) is 38.2. The summed E-state index contributed by atoms with van der Waals surface area (Å²) >= 11 is 9.46. The second kappa shape index (κ2) is 16.0. The molecule has 1 fully saturated rings. The number of hydrogen-bond acceptors (Lipinski definition) is 12. The highest BCUT2D eigenvalue weighted by atomic mass is 35.5. The van der Waals surface area contributed by atoms with E-state index < -0.39 is 0 Å². The average molecular weight is 814 g/mol. The van der Waals surface area contributed by atoms with Gasteiger partial charge in [0.25, 0.3) is 0 Å². The van der Waals surface area contributed by atoms with Crippen molar-refractivity contribution in [3.63, 3.8) is 0 Å². The van der Waals surface area contributed by atoms with Crippen LogP contribution in [0, 0.1) is 11.8 Å². The Balaban J connectivity index is 0.000000194. The predicted molar refractivity (Wildman–Crippen MR) is 221 cm³/mol. The van der Waals surface area contributed by atoms with Gasteiger partial charge in [0, 0.05) is 69.0 Å². The van der Waals surface area contributed by atoms with Gasteiger partial charge in [0.05, 0.1) is 29.5 Å². The van der Waals surface area contributed by atoms with E-state index in [9.17, 15) is 14.4 Å². The van der Waals surface area contributed by atoms with Crippen LogP contribution >= 0.6 is 34.3 Å². The highest BCUT2D eigenvalue weighted by molar-refractivity contribution is 7.19. The average Bonchev–Trinajstić information content (AvgIpc) is 3.99. The summed E-state index contributed by atoms with van der Waals surface area (Å²) in [5.41, 5.74) is 5.48. The molecule has 2 aliphatic carbocycles. The number of amides is 3. The SMILES string of the molecule is CN(C)C(=O)[C@H]1CCc2c(sc3ncnc(Cl)c23)C1.CN(C)C(=O)[C@H]1CCc2c(sc3ncnc(Nc4cc5c(cc4OCCN4CCCC4=O)CN=C5)c23)C1. The first-order valence-corrected chi connectivity index (χ1v) is 21.0. The number of carbonyl (C=O) groups is 3. The second-order valence-electron chi connectivity index (χ2n) is 15.1. The number of thiophene rings is 2. The van der Waals surface area contributed by atoms with E-state index in [4.69, 9.17) is 16.3 Å². The first-order valence-electron chi connectivity index (χ1n) is 19.0. The summed E-state index contributed by atoms with van der Waals surface area (Å²) in [6.45, 7) is 2.44. The number of aromatic nitrogens is 4. The van der Waals surface area contributed by atoms with Crippen molar-refractivity contribution in [2.24, 2.45) is 16.8 Å². The first-order chi connectivity index (χ1) is 27.0. The summed E-state index contributed by atoms with van der Waals surface area (Å²) in [7, 11) is 7.26. The standard InChI is InChI=1S/C27H30N6O3S.C13H14ClN3OS/c1-32(2)27(35)16-5-6-19-22(12-16)37-26-24(19)25(29-15-30-26)31-20-10-17-13-28-14-18(17)11-21(20)36-9-8-33-7-3-4-23(33)34;1-17(2)13(18)7-3-4-8-9(5-7)19-12-10(8)11(14)15-6-16-12/h10-11,13,15-16H,3-9,12,14H2,1-2H3,(H,29,30,31);6-7H,3-5H2,1-2H3/t16-;7-/m00/s1. The van der Waals surface area contributed by atoms with Crippen molar-refractivity contribution in [3.05, 3.63) is 61.9 Å². The lowest BCUT2D eigenvalue weighted by Gasteiger charge is -2.24. The fourth-order valence-corrected chi connectivity index (χ4v) is 11.0. The van der Waals surface area contributed by atoms with E-state index in [0.717, 1.165) is 100 Å². The third-order valence-corrected chi connectivity index (χ3v) is 13.6. The van der Waals surface area contributed by atoms with Gasteiger partial charge in [-0.2, -0.15) is 0 Å². The van der Waals surface area contributed by atoms with Gasteiger partial charge >= 0.3 is 0 Å². The Morgan fingerprint density at radius 1 is 0.893 bits per heavy atom. The van der Waals surface area contributed by atoms with Crippen LogP contribution in [0.4, 0.5) is 11.5 Å². The number of nitrogens with zero attached hydrogens (tertiary/aromatic N) is 8. The Morgan fingerprint density at radius 3 is 2.18 bits per heavy atom. The van der Waals surface area contributed by atoms with E-state index in [2.05, 4.69) is 36.3 Å². The third-order valence-electron chi connectivity index (χ3n) is 11.0. The summed E-state index contributed by atoms with van der Waals surface area (Å²) < 4.78 is 6.22. The van der Waals surface area contributed by atoms with Crippen LogP contribution in [0.5, 0.6) is 5.75 Å². The maximum absolute atomic E-state index is 12.6. The maximum Gasteiger partial charge on any atom is 0.225 e. The Hall–Kier alpha value is -4.73. The molecule has 5 aromatic rings. The predicted octanol–water partition coefficient (Wildman–Crippen LogP) is 6.10. The number of aliphatic imine (C=N–C) groups is 1. The normalized spacial score (nSPS) is 18.3. The smallest absolute Gasteiger partial charge is 0.225 e. The molecule has 292 valence electrons. The molecule has 0 radical (unpaired) electrons. The molecule has 9 rings (SSSR count). The van der Waals surface area contributed by atoms with Crippen LogP contribution < -0.4 is 10.1 Å². The monoisotopic (exact) mass is 813 g/mol. The molecular weight excluding hydrogens is 770 g/mol. The minimum absolute atomic E-state index is 0.0124. The molecule has 6 heterocycles. The molecule has 13 nitrogen and oxygen atoms in total. The number of fused-ring (bicyclic) bond motifs is 7. The van der Waals surface area contributed by atoms with Crippen LogP contribution in [0.2, 0.25) is 5.15 Å². The molecule has 1 aromatic carbocycles. The number of anilines is 2. The van der Waals surface area contributed by atoms with Gasteiger partial charge in [-0.1, -0.05) is 11.6 Å². The number of aryl methyl sites for hydroxylation is 2. The van der Waals surface area contributed by atoms with Crippen molar-refractivity contribution < 1.29 is 19.1 Å². The highest BCUT2D eigenvalue weighted by Crippen LogP contribution is 2.43. The minimum atomic E-state index is 0.0124. The van der Waals surface area contributed by atoms with Crippen LogP contribution in [-0.2, 0) is 46.6 Å². The Morgan fingerprint density at radius 2 is 1.54 bits per heavy atom. The molecule has 2 atom stereocenters. The maximum atomic E-state index is 12.6. The van der Waals surface area contributed by atoms with Crippen molar-refractivity contribution in [1.29, 1.82) is 0 Å². The fourth-order valence-electron chi connectivity index (χ4n) is 8.12. The van der Waals surface area contributed by atoms with E-state index in [0.29, 0.717) is 31.3 Å². The molecule has 16 heteroatoms. The summed E-state index contributed by atoms with van der Waals surface area (Å²) in [6, 6.07) is 4.09. The Labute approximate surface area is 338 Å². The molecule has 0 bridgehead atoms. The summed E-state index contributed by atoms with van der Waals surface area (Å²) in [4.78, 5) is 68.1. The highest BCUT2D eigenvalue weighted by Gasteiger charge is 2.31. The van der Waals surface area contributed by atoms with E-state index in [1.165, 1.54) is 27.2 Å². The van der Waals surface area contributed by atoms with Crippen LogP contribution in [-0.4, -0.2) is 106 Å². The number of benzene rings is 1. The van der Waals surface area contributed by atoms with Crippen molar-refractivity contribution in [1.82, 2.24) is 34.6 Å². The van der Waals surface area contributed by atoms with Gasteiger partial charge in [0.1, 0.15) is 45.6 Å². The quantitative estimate of drug-likeness (QED) is 0.184. The Bertz CT molecular complexity index is 2370. The summed E-state index contributed by atoms with van der Waals surface area (Å²) in [5, 5.41) is 6.08. The number of hydrogen-bond donors (Lipinski definition) is 1. The van der Waals surface area contributed by atoms with Gasteiger partial charge in [-0.15, -0.1) is 22.7 Å².